The highest BCUT2D eigenvalue weighted by Gasteiger charge is 2.20. The highest BCUT2D eigenvalue weighted by atomic mass is 35.5. The van der Waals surface area contributed by atoms with Gasteiger partial charge in [-0.15, -0.1) is 0 Å². The topological polar surface area (TPSA) is 57.1 Å². The van der Waals surface area contributed by atoms with Crippen LogP contribution in [0, 0.1) is 13.8 Å². The Bertz CT molecular complexity index is 992. The number of ketones is 1. The maximum atomic E-state index is 12.7. The van der Waals surface area contributed by atoms with Crippen LogP contribution in [0.25, 0.3) is 11.1 Å². The second-order valence-corrected chi connectivity index (χ2v) is 6.67. The number of aromatic nitrogens is 2. The van der Waals surface area contributed by atoms with Gasteiger partial charge in [0.25, 0.3) is 0 Å². The van der Waals surface area contributed by atoms with E-state index in [4.69, 9.17) is 16.0 Å². The number of fused-ring (bicyclic) bond motifs is 1. The largest absolute Gasteiger partial charge is 0.420 e. The fraction of sp³-hybridized carbons (Fsp3) is 0.333. The van der Waals surface area contributed by atoms with E-state index in [0.717, 1.165) is 11.4 Å². The Labute approximate surface area is 144 Å². The van der Waals surface area contributed by atoms with Crippen LogP contribution in [0.15, 0.2) is 33.5 Å². The molecule has 0 saturated carbocycles. The number of nitrogens with zero attached hydrogens (tertiary/aromatic N) is 2. The Morgan fingerprint density at radius 2 is 1.96 bits per heavy atom. The standard InChI is InChI=1S/C18H19ClN2O3/c1-10(2)21-11(3)7-14(12(21)4)16(22)9-20-15-6-5-13(19)8-17(15)24-18(20)23/h5-8,10H,9H2,1-4H3. The predicted octanol–water partition coefficient (Wildman–Crippen LogP) is 4.13. The molecule has 3 rings (SSSR count). The lowest BCUT2D eigenvalue weighted by atomic mass is 10.1. The minimum absolute atomic E-state index is 0.0597. The summed E-state index contributed by atoms with van der Waals surface area (Å²) >= 11 is 5.91. The van der Waals surface area contributed by atoms with Gasteiger partial charge in [0.1, 0.15) is 0 Å². The van der Waals surface area contributed by atoms with E-state index in [-0.39, 0.29) is 18.4 Å². The zero-order chi connectivity index (χ0) is 17.6. The van der Waals surface area contributed by atoms with Crippen molar-refractivity contribution in [3.63, 3.8) is 0 Å². The summed E-state index contributed by atoms with van der Waals surface area (Å²) in [7, 11) is 0. The van der Waals surface area contributed by atoms with E-state index >= 15 is 0 Å². The van der Waals surface area contributed by atoms with Crippen LogP contribution in [-0.4, -0.2) is 14.9 Å². The van der Waals surface area contributed by atoms with E-state index in [0.29, 0.717) is 21.7 Å². The molecule has 0 aliphatic heterocycles. The fourth-order valence-electron chi connectivity index (χ4n) is 3.27. The molecule has 0 spiro atoms. The second-order valence-electron chi connectivity index (χ2n) is 6.24. The maximum absolute atomic E-state index is 12.7. The molecule has 0 radical (unpaired) electrons. The van der Waals surface area contributed by atoms with Gasteiger partial charge in [0.15, 0.2) is 11.4 Å². The smallest absolute Gasteiger partial charge is 0.408 e. The summed E-state index contributed by atoms with van der Waals surface area (Å²) < 4.78 is 8.64. The molecule has 0 saturated heterocycles. The van der Waals surface area contributed by atoms with Gasteiger partial charge in [0.2, 0.25) is 0 Å². The van der Waals surface area contributed by atoms with E-state index in [1.165, 1.54) is 4.57 Å². The molecule has 0 aliphatic rings. The second kappa shape index (κ2) is 5.98. The van der Waals surface area contributed by atoms with Crippen LogP contribution >= 0.6 is 11.6 Å². The molecule has 2 aromatic heterocycles. The zero-order valence-electron chi connectivity index (χ0n) is 14.1. The Morgan fingerprint density at radius 1 is 1.25 bits per heavy atom. The number of oxazole rings is 1. The lowest BCUT2D eigenvalue weighted by Gasteiger charge is -2.13. The third-order valence-corrected chi connectivity index (χ3v) is 4.47. The summed E-state index contributed by atoms with van der Waals surface area (Å²) in [4.78, 5) is 24.8. The first-order valence-corrected chi connectivity index (χ1v) is 8.18. The molecule has 3 aromatic rings. The van der Waals surface area contributed by atoms with Crippen molar-refractivity contribution < 1.29 is 9.21 Å². The van der Waals surface area contributed by atoms with Crippen LogP contribution in [0.3, 0.4) is 0 Å². The van der Waals surface area contributed by atoms with E-state index < -0.39 is 5.76 Å². The van der Waals surface area contributed by atoms with Gasteiger partial charge in [-0.05, 0) is 45.9 Å². The summed E-state index contributed by atoms with van der Waals surface area (Å²) in [6, 6.07) is 7.08. The number of hydrogen-bond donors (Lipinski definition) is 0. The predicted molar refractivity (Wildman–Crippen MR) is 94.1 cm³/mol. The Kier molecular flexibility index (Phi) is 4.13. The molecule has 2 heterocycles. The Morgan fingerprint density at radius 3 is 2.58 bits per heavy atom. The minimum atomic E-state index is -0.557. The monoisotopic (exact) mass is 346 g/mol. The average molecular weight is 347 g/mol. The number of aryl methyl sites for hydroxylation is 1. The average Bonchev–Trinajstić information content (AvgIpc) is 2.95. The molecule has 0 amide bonds. The van der Waals surface area contributed by atoms with Gasteiger partial charge in [0.05, 0.1) is 12.1 Å². The van der Waals surface area contributed by atoms with Gasteiger partial charge >= 0.3 is 5.76 Å². The lowest BCUT2D eigenvalue weighted by molar-refractivity contribution is 0.0970. The van der Waals surface area contributed by atoms with Crippen molar-refractivity contribution in [3.8, 4) is 0 Å². The Balaban J connectivity index is 2.01. The summed E-state index contributed by atoms with van der Waals surface area (Å²) in [5, 5.41) is 0.482. The third-order valence-electron chi connectivity index (χ3n) is 4.23. The van der Waals surface area contributed by atoms with Crippen LogP contribution in [0.2, 0.25) is 5.02 Å². The molecule has 1 aromatic carbocycles. The summed E-state index contributed by atoms with van der Waals surface area (Å²) in [5.74, 6) is -0.673. The van der Waals surface area contributed by atoms with Crippen LogP contribution in [0.5, 0.6) is 0 Å². The van der Waals surface area contributed by atoms with Gasteiger partial charge in [0, 0.05) is 34.1 Å². The summed E-state index contributed by atoms with van der Waals surface area (Å²) in [6.07, 6.45) is 0. The van der Waals surface area contributed by atoms with Gasteiger partial charge in [-0.2, -0.15) is 0 Å². The van der Waals surface area contributed by atoms with Gasteiger partial charge in [-0.1, -0.05) is 11.6 Å². The molecular formula is C18H19ClN2O3. The van der Waals surface area contributed by atoms with Crippen LogP contribution in [0.1, 0.15) is 41.6 Å². The van der Waals surface area contributed by atoms with E-state index in [2.05, 4.69) is 18.4 Å². The molecule has 0 aliphatic carbocycles. The van der Waals surface area contributed by atoms with Crippen LogP contribution in [0.4, 0.5) is 0 Å². The lowest BCUT2D eigenvalue weighted by Crippen LogP contribution is -2.20. The number of rotatable bonds is 4. The number of carbonyl (C=O) groups is 1. The van der Waals surface area contributed by atoms with E-state index in [1.54, 1.807) is 18.2 Å². The number of Topliss-reactive ketones (excluding diaryl/α,β-unsaturated/α-hetero) is 1. The maximum Gasteiger partial charge on any atom is 0.420 e. The molecule has 0 atom stereocenters. The molecular weight excluding hydrogens is 328 g/mol. The molecule has 0 unspecified atom stereocenters. The van der Waals surface area contributed by atoms with Crippen molar-refractivity contribution in [3.05, 3.63) is 56.8 Å². The highest BCUT2D eigenvalue weighted by molar-refractivity contribution is 6.31. The quantitative estimate of drug-likeness (QED) is 0.667. The highest BCUT2D eigenvalue weighted by Crippen LogP contribution is 2.22. The Hall–Kier alpha value is -2.27. The molecule has 0 N–H and O–H groups in total. The first kappa shape index (κ1) is 16.6. The molecule has 0 bridgehead atoms. The van der Waals surface area contributed by atoms with Crippen molar-refractivity contribution in [2.24, 2.45) is 0 Å². The molecule has 24 heavy (non-hydrogen) atoms. The number of carbonyl (C=O) groups excluding carboxylic acids is 1. The van der Waals surface area contributed by atoms with Gasteiger partial charge in [-0.3, -0.25) is 9.36 Å². The zero-order valence-corrected chi connectivity index (χ0v) is 14.8. The van der Waals surface area contributed by atoms with Crippen molar-refractivity contribution in [2.45, 2.75) is 40.3 Å². The third kappa shape index (κ3) is 2.69. The van der Waals surface area contributed by atoms with Crippen molar-refractivity contribution in [1.82, 2.24) is 9.13 Å². The van der Waals surface area contributed by atoms with Gasteiger partial charge in [-0.25, -0.2) is 4.79 Å². The number of hydrogen-bond acceptors (Lipinski definition) is 3. The van der Waals surface area contributed by atoms with E-state index in [1.807, 2.05) is 19.9 Å². The van der Waals surface area contributed by atoms with Crippen molar-refractivity contribution in [1.29, 1.82) is 0 Å². The summed E-state index contributed by atoms with van der Waals surface area (Å²) in [6.45, 7) is 8.00. The van der Waals surface area contributed by atoms with Crippen LogP contribution in [-0.2, 0) is 6.54 Å². The fourth-order valence-corrected chi connectivity index (χ4v) is 3.43. The molecule has 5 nitrogen and oxygen atoms in total. The van der Waals surface area contributed by atoms with E-state index in [9.17, 15) is 9.59 Å². The molecule has 126 valence electrons. The summed E-state index contributed by atoms with van der Waals surface area (Å²) in [5.41, 5.74) is 3.53. The number of halogens is 1. The first-order valence-electron chi connectivity index (χ1n) is 7.80. The number of benzene rings is 1. The SMILES string of the molecule is Cc1cc(C(=O)Cn2c(=O)oc3cc(Cl)ccc32)c(C)n1C(C)C. The molecule has 0 fully saturated rings. The minimum Gasteiger partial charge on any atom is -0.408 e. The van der Waals surface area contributed by atoms with Crippen LogP contribution < -0.4 is 5.76 Å². The normalized spacial score (nSPS) is 11.6. The molecule has 6 heteroatoms. The first-order chi connectivity index (χ1) is 11.3. The van der Waals surface area contributed by atoms with Crippen molar-refractivity contribution >= 4 is 28.5 Å². The van der Waals surface area contributed by atoms with Gasteiger partial charge < -0.3 is 8.98 Å². The van der Waals surface area contributed by atoms with Crippen molar-refractivity contribution in [2.75, 3.05) is 0 Å².